The fourth-order valence-electron chi connectivity index (χ4n) is 4.31. The summed E-state index contributed by atoms with van der Waals surface area (Å²) in [5.41, 5.74) is 1.56. The first-order valence-corrected chi connectivity index (χ1v) is 14.0. The summed E-state index contributed by atoms with van der Waals surface area (Å²) in [6.07, 6.45) is 6.24. The van der Waals surface area contributed by atoms with Crippen LogP contribution < -0.4 is 24.3 Å². The smallest absolute Gasteiger partial charge is 0.274 e. The van der Waals surface area contributed by atoms with E-state index in [9.17, 15) is 14.9 Å². The van der Waals surface area contributed by atoms with Crippen molar-refractivity contribution < 1.29 is 19.1 Å². The Kier molecular flexibility index (Phi) is 8.56. The van der Waals surface area contributed by atoms with Crippen molar-refractivity contribution in [2.24, 2.45) is 0 Å². The number of imidazole rings is 1. The molecule has 0 radical (unpaired) electrons. The summed E-state index contributed by atoms with van der Waals surface area (Å²) in [6, 6.07) is 19.2. The Morgan fingerprint density at radius 2 is 1.65 bits per heavy atom. The molecule has 0 N–H and O–H groups in total. The van der Waals surface area contributed by atoms with Crippen molar-refractivity contribution in [1.29, 1.82) is 0 Å². The Morgan fingerprint density at radius 1 is 0.925 bits per heavy atom. The summed E-state index contributed by atoms with van der Waals surface area (Å²) in [6.45, 7) is 3.35. The molecule has 2 heterocycles. The summed E-state index contributed by atoms with van der Waals surface area (Å²) in [4.78, 5) is 29.2. The number of nitro groups is 1. The van der Waals surface area contributed by atoms with Gasteiger partial charge in [-0.3, -0.25) is 14.9 Å². The van der Waals surface area contributed by atoms with Crippen LogP contribution in [0.4, 0.5) is 5.69 Å². The highest BCUT2D eigenvalue weighted by molar-refractivity contribution is 7.15. The minimum atomic E-state index is -0.477. The summed E-state index contributed by atoms with van der Waals surface area (Å²) in [5, 5.41) is 11.4. The summed E-state index contributed by atoms with van der Waals surface area (Å²) in [5.74, 6) is 1.90. The highest BCUT2D eigenvalue weighted by atomic mass is 32.1. The molecule has 5 rings (SSSR count). The Bertz CT molecular complexity index is 1730. The Balaban J connectivity index is 1.26. The van der Waals surface area contributed by atoms with Gasteiger partial charge in [0.15, 0.2) is 4.96 Å². The number of non-ortho nitro benzene ring substituents is 1. The van der Waals surface area contributed by atoms with Gasteiger partial charge < -0.3 is 14.2 Å². The van der Waals surface area contributed by atoms with E-state index in [1.54, 1.807) is 10.5 Å². The molecule has 0 bridgehead atoms. The molecule has 0 fully saturated rings. The molecule has 0 aliphatic heterocycles. The quantitative estimate of drug-likeness (QED) is 0.102. The lowest BCUT2D eigenvalue weighted by molar-refractivity contribution is -0.384. The number of benzene rings is 3. The third-order valence-electron chi connectivity index (χ3n) is 6.34. The summed E-state index contributed by atoms with van der Waals surface area (Å²) >= 11 is 1.23. The predicted octanol–water partition coefficient (Wildman–Crippen LogP) is 5.78. The van der Waals surface area contributed by atoms with E-state index in [-0.39, 0.29) is 24.5 Å². The van der Waals surface area contributed by atoms with Gasteiger partial charge in [-0.05, 0) is 55.0 Å². The standard InChI is InChI=1S/C30H29N3O6S/c1-2-3-4-7-16-37-23-11-13-24(14-12-23)38-17-18-39-27-15-10-22(33(35)36)19-21(27)20-28-29(34)32-26-9-6-5-8-25(26)31-30(32)40-28/h5-6,8-15,19-20H,2-4,7,16-18H2,1H3/b28-20+. The van der Waals surface area contributed by atoms with Crippen molar-refractivity contribution in [3.05, 3.63) is 97.3 Å². The Labute approximate surface area is 234 Å². The van der Waals surface area contributed by atoms with Crippen LogP contribution in [0.25, 0.3) is 22.1 Å². The first-order valence-electron chi connectivity index (χ1n) is 13.2. The van der Waals surface area contributed by atoms with Crippen molar-refractivity contribution >= 4 is 39.1 Å². The molecule has 0 amide bonds. The monoisotopic (exact) mass is 559 g/mol. The van der Waals surface area contributed by atoms with E-state index in [0.29, 0.717) is 33.2 Å². The number of rotatable bonds is 13. The molecule has 0 aliphatic rings. The number of unbranched alkanes of at least 4 members (excludes halogenated alkanes) is 3. The number of nitro benzene ring substituents is 1. The zero-order chi connectivity index (χ0) is 27.9. The van der Waals surface area contributed by atoms with Crippen LogP contribution in [0.3, 0.4) is 0 Å². The van der Waals surface area contributed by atoms with Crippen LogP contribution in [0.5, 0.6) is 17.2 Å². The molecule has 40 heavy (non-hydrogen) atoms. The van der Waals surface area contributed by atoms with E-state index in [0.717, 1.165) is 23.2 Å². The van der Waals surface area contributed by atoms with Crippen LogP contribution in [0.15, 0.2) is 71.5 Å². The maximum atomic E-state index is 13.2. The van der Waals surface area contributed by atoms with Crippen molar-refractivity contribution in [1.82, 2.24) is 9.38 Å². The van der Waals surface area contributed by atoms with Crippen molar-refractivity contribution in [2.75, 3.05) is 19.8 Å². The van der Waals surface area contributed by atoms with E-state index < -0.39 is 4.92 Å². The van der Waals surface area contributed by atoms with Crippen LogP contribution >= 0.6 is 11.3 Å². The highest BCUT2D eigenvalue weighted by Gasteiger charge is 2.14. The Morgan fingerprint density at radius 3 is 2.40 bits per heavy atom. The Hall–Kier alpha value is -4.44. The van der Waals surface area contributed by atoms with Crippen LogP contribution in [0.2, 0.25) is 0 Å². The van der Waals surface area contributed by atoms with Gasteiger partial charge in [0.25, 0.3) is 11.2 Å². The first-order chi connectivity index (χ1) is 19.5. The number of hydrogen-bond acceptors (Lipinski definition) is 8. The molecular formula is C30H29N3O6S. The van der Waals surface area contributed by atoms with Crippen LogP contribution in [-0.2, 0) is 0 Å². The molecule has 0 unspecified atom stereocenters. The third kappa shape index (κ3) is 6.23. The molecule has 0 aliphatic carbocycles. The van der Waals surface area contributed by atoms with E-state index in [2.05, 4.69) is 11.9 Å². The number of aromatic nitrogens is 2. The van der Waals surface area contributed by atoms with E-state index in [4.69, 9.17) is 14.2 Å². The zero-order valence-corrected chi connectivity index (χ0v) is 22.9. The van der Waals surface area contributed by atoms with Crippen molar-refractivity contribution in [3.8, 4) is 17.2 Å². The first kappa shape index (κ1) is 27.1. The fourth-order valence-corrected chi connectivity index (χ4v) is 5.29. The number of thiazole rings is 1. The van der Waals surface area contributed by atoms with Gasteiger partial charge in [0.05, 0.1) is 27.1 Å². The SMILES string of the molecule is CCCCCCOc1ccc(OCCOc2ccc([N+](=O)[O-])cc2/C=c2/sc3nc4ccccc4n3c2=O)cc1. The van der Waals surface area contributed by atoms with E-state index >= 15 is 0 Å². The second kappa shape index (κ2) is 12.6. The minimum Gasteiger partial charge on any atom is -0.494 e. The molecule has 10 heteroatoms. The van der Waals surface area contributed by atoms with Gasteiger partial charge >= 0.3 is 0 Å². The zero-order valence-electron chi connectivity index (χ0n) is 22.1. The molecule has 0 saturated carbocycles. The lowest BCUT2D eigenvalue weighted by atomic mass is 10.1. The normalized spacial score (nSPS) is 11.8. The van der Waals surface area contributed by atoms with Crippen molar-refractivity contribution in [2.45, 2.75) is 32.6 Å². The lowest BCUT2D eigenvalue weighted by Gasteiger charge is -2.11. The number of ether oxygens (including phenoxy) is 3. The number of hydrogen-bond donors (Lipinski definition) is 0. The average molecular weight is 560 g/mol. The molecule has 3 aromatic carbocycles. The largest absolute Gasteiger partial charge is 0.494 e. The summed E-state index contributed by atoms with van der Waals surface area (Å²) < 4.78 is 19.4. The predicted molar refractivity (Wildman–Crippen MR) is 156 cm³/mol. The van der Waals surface area contributed by atoms with Gasteiger partial charge in [-0.25, -0.2) is 9.38 Å². The third-order valence-corrected chi connectivity index (χ3v) is 7.30. The molecule has 0 spiro atoms. The van der Waals surface area contributed by atoms with Crippen LogP contribution in [0, 0.1) is 10.1 Å². The maximum absolute atomic E-state index is 13.2. The topological polar surface area (TPSA) is 105 Å². The van der Waals surface area contributed by atoms with Gasteiger partial charge in [0.2, 0.25) is 0 Å². The van der Waals surface area contributed by atoms with Crippen LogP contribution in [0.1, 0.15) is 38.2 Å². The molecular weight excluding hydrogens is 530 g/mol. The average Bonchev–Trinajstić information content (AvgIpc) is 3.47. The van der Waals surface area contributed by atoms with Gasteiger partial charge in [0.1, 0.15) is 30.5 Å². The van der Waals surface area contributed by atoms with Gasteiger partial charge in [-0.1, -0.05) is 49.7 Å². The van der Waals surface area contributed by atoms with E-state index in [1.165, 1.54) is 48.8 Å². The second-order valence-corrected chi connectivity index (χ2v) is 10.2. The number of para-hydroxylation sites is 2. The van der Waals surface area contributed by atoms with E-state index in [1.807, 2.05) is 48.5 Å². The van der Waals surface area contributed by atoms with Gasteiger partial charge in [-0.15, -0.1) is 0 Å². The lowest BCUT2D eigenvalue weighted by Crippen LogP contribution is -2.22. The van der Waals surface area contributed by atoms with Crippen molar-refractivity contribution in [3.63, 3.8) is 0 Å². The van der Waals surface area contributed by atoms with Gasteiger partial charge in [0, 0.05) is 17.7 Å². The summed E-state index contributed by atoms with van der Waals surface area (Å²) in [7, 11) is 0. The molecule has 0 saturated heterocycles. The fraction of sp³-hybridized carbons (Fsp3) is 0.267. The molecule has 206 valence electrons. The second-order valence-electron chi connectivity index (χ2n) is 9.19. The molecule has 9 nitrogen and oxygen atoms in total. The molecule has 0 atom stereocenters. The van der Waals surface area contributed by atoms with Gasteiger partial charge in [-0.2, -0.15) is 0 Å². The highest BCUT2D eigenvalue weighted by Crippen LogP contribution is 2.26. The molecule has 2 aromatic heterocycles. The number of fused-ring (bicyclic) bond motifs is 3. The number of nitrogens with zero attached hydrogens (tertiary/aromatic N) is 3. The maximum Gasteiger partial charge on any atom is 0.274 e. The minimum absolute atomic E-state index is 0.0956. The molecule has 5 aromatic rings. The van der Waals surface area contributed by atoms with Crippen LogP contribution in [-0.4, -0.2) is 34.1 Å².